The average molecular weight is 437 g/mol. The Hall–Kier alpha value is -4.70. The van der Waals surface area contributed by atoms with E-state index in [2.05, 4.69) is 123 Å². The summed E-state index contributed by atoms with van der Waals surface area (Å²) in [5, 5.41) is 2.36. The molecular weight excluding hydrogens is 416 g/mol. The topological polar surface area (TPSA) is 26.6 Å². The zero-order valence-electron chi connectivity index (χ0n) is 18.3. The fraction of sp³-hybridized carbons (Fsp3) is 0. The third kappa shape index (κ3) is 2.79. The Labute approximate surface area is 196 Å². The molecule has 0 fully saturated rings. The lowest BCUT2D eigenvalue weighted by Gasteiger charge is -2.10. The van der Waals surface area contributed by atoms with Crippen LogP contribution < -0.4 is 4.57 Å². The van der Waals surface area contributed by atoms with Crippen LogP contribution in [0.25, 0.3) is 50.0 Å². The highest BCUT2D eigenvalue weighted by Gasteiger charge is 2.15. The molecule has 4 heteroatoms. The van der Waals surface area contributed by atoms with E-state index in [0.717, 1.165) is 44.6 Å². The van der Waals surface area contributed by atoms with Crippen molar-refractivity contribution < 1.29 is 4.57 Å². The Morgan fingerprint density at radius 2 is 1.35 bits per heavy atom. The van der Waals surface area contributed by atoms with Crippen molar-refractivity contribution in [3.8, 4) is 17.1 Å². The summed E-state index contributed by atoms with van der Waals surface area (Å²) in [4.78, 5) is 4.74. The van der Waals surface area contributed by atoms with Gasteiger partial charge < -0.3 is 0 Å². The first-order valence-corrected chi connectivity index (χ1v) is 11.3. The molecule has 0 aliphatic carbocycles. The number of aromatic nitrogens is 4. The smallest absolute Gasteiger partial charge is 0.269 e. The van der Waals surface area contributed by atoms with Crippen LogP contribution in [0.15, 0.2) is 121 Å². The highest BCUT2D eigenvalue weighted by Crippen LogP contribution is 2.31. The van der Waals surface area contributed by atoms with Gasteiger partial charge in [-0.25, -0.2) is 4.98 Å². The van der Waals surface area contributed by atoms with E-state index >= 15 is 0 Å². The molecule has 7 aromatic rings. The van der Waals surface area contributed by atoms with Gasteiger partial charge in [0.1, 0.15) is 5.65 Å². The van der Waals surface area contributed by atoms with E-state index in [9.17, 15) is 0 Å². The molecule has 7 rings (SSSR count). The molecule has 0 atom stereocenters. The molecule has 4 aromatic carbocycles. The number of hydrogen-bond acceptors (Lipinski definition) is 1. The van der Waals surface area contributed by atoms with E-state index in [0.29, 0.717) is 0 Å². The number of fused-ring (bicyclic) bond motifs is 4. The third-order valence-corrected chi connectivity index (χ3v) is 6.36. The first kappa shape index (κ1) is 18.8. The van der Waals surface area contributed by atoms with Crippen LogP contribution in [0, 0.1) is 6.33 Å². The van der Waals surface area contributed by atoms with Crippen LogP contribution in [0.3, 0.4) is 0 Å². The average Bonchev–Trinajstić information content (AvgIpc) is 3.46. The maximum Gasteiger partial charge on any atom is 0.269 e. The highest BCUT2D eigenvalue weighted by molar-refractivity contribution is 6.07. The van der Waals surface area contributed by atoms with Gasteiger partial charge in [0, 0.05) is 22.7 Å². The summed E-state index contributed by atoms with van der Waals surface area (Å²) >= 11 is 0. The molecule has 4 nitrogen and oxygen atoms in total. The summed E-state index contributed by atoms with van der Waals surface area (Å²) in [6, 6.07) is 40.0. The third-order valence-electron chi connectivity index (χ3n) is 6.36. The van der Waals surface area contributed by atoms with Gasteiger partial charge in [-0.15, -0.1) is 0 Å². The van der Waals surface area contributed by atoms with Gasteiger partial charge in [0.2, 0.25) is 0 Å². The summed E-state index contributed by atoms with van der Waals surface area (Å²) in [6.45, 7) is 0. The zero-order valence-corrected chi connectivity index (χ0v) is 18.3. The van der Waals surface area contributed by atoms with Crippen molar-refractivity contribution in [3.05, 3.63) is 128 Å². The van der Waals surface area contributed by atoms with Crippen LogP contribution in [0.2, 0.25) is 0 Å². The zero-order chi connectivity index (χ0) is 22.5. The second-order valence-corrected chi connectivity index (χ2v) is 8.34. The minimum atomic E-state index is 0.960. The molecule has 0 unspecified atom stereocenters. The van der Waals surface area contributed by atoms with Crippen LogP contribution in [0.5, 0.6) is 0 Å². The van der Waals surface area contributed by atoms with E-state index in [1.54, 1.807) is 0 Å². The van der Waals surface area contributed by atoms with E-state index < -0.39 is 0 Å². The Bertz CT molecular complexity index is 1760. The van der Waals surface area contributed by atoms with Crippen LogP contribution in [-0.2, 0) is 0 Å². The van der Waals surface area contributed by atoms with E-state index in [1.807, 2.05) is 18.3 Å². The van der Waals surface area contributed by atoms with Gasteiger partial charge in [-0.3, -0.25) is 13.7 Å². The number of imidazole rings is 1. The number of nitrogens with zero attached hydrogens (tertiary/aromatic N) is 4. The lowest BCUT2D eigenvalue weighted by molar-refractivity contribution is -0.572. The molecular formula is C30H20N4. The Kier molecular flexibility index (Phi) is 4.11. The first-order chi connectivity index (χ1) is 16.9. The Balaban J connectivity index is 1.47. The minimum absolute atomic E-state index is 0.960. The van der Waals surface area contributed by atoms with Gasteiger partial charge in [0.15, 0.2) is 0 Å². The number of rotatable bonds is 3. The number of benzene rings is 4. The molecule has 3 aromatic heterocycles. The normalized spacial score (nSPS) is 11.5. The molecule has 34 heavy (non-hydrogen) atoms. The van der Waals surface area contributed by atoms with Gasteiger partial charge in [0.25, 0.3) is 6.33 Å². The van der Waals surface area contributed by atoms with Gasteiger partial charge in [-0.2, -0.15) is 0 Å². The first-order valence-electron chi connectivity index (χ1n) is 11.3. The fourth-order valence-electron chi connectivity index (χ4n) is 4.85. The van der Waals surface area contributed by atoms with Crippen molar-refractivity contribution >= 4 is 33.0 Å². The number of para-hydroxylation sites is 4. The van der Waals surface area contributed by atoms with Crippen LogP contribution >= 0.6 is 0 Å². The summed E-state index contributed by atoms with van der Waals surface area (Å²) in [5.74, 6) is 0. The summed E-state index contributed by atoms with van der Waals surface area (Å²) < 4.78 is 6.49. The van der Waals surface area contributed by atoms with E-state index in [1.165, 1.54) is 5.39 Å². The molecule has 3 heterocycles. The standard InChI is InChI=1S/C30H20N4/c1-2-10-22(11-3-1)32-21-33(29-18-7-6-17-28(29)32)23-12-8-13-24(20-23)34-27-16-5-4-14-25(27)26-15-9-19-31-30(26)34/h1-20H. The van der Waals surface area contributed by atoms with Gasteiger partial charge in [-0.05, 0) is 48.5 Å². The van der Waals surface area contributed by atoms with Gasteiger partial charge >= 0.3 is 0 Å². The van der Waals surface area contributed by atoms with Crippen LogP contribution in [0.4, 0.5) is 0 Å². The van der Waals surface area contributed by atoms with Crippen molar-refractivity contribution in [3.63, 3.8) is 0 Å². The summed E-state index contributed by atoms with van der Waals surface area (Å²) in [7, 11) is 0. The van der Waals surface area contributed by atoms with Gasteiger partial charge in [0.05, 0.1) is 27.9 Å². The monoisotopic (exact) mass is 436 g/mol. The van der Waals surface area contributed by atoms with Gasteiger partial charge in [-0.1, -0.05) is 66.7 Å². The molecule has 0 amide bonds. The number of hydrogen-bond donors (Lipinski definition) is 0. The molecule has 0 radical (unpaired) electrons. The van der Waals surface area contributed by atoms with Crippen molar-refractivity contribution in [1.29, 1.82) is 0 Å². The highest BCUT2D eigenvalue weighted by atomic mass is 15.1. The second-order valence-electron chi connectivity index (χ2n) is 8.34. The van der Waals surface area contributed by atoms with E-state index in [-0.39, 0.29) is 0 Å². The second kappa shape index (κ2) is 7.42. The van der Waals surface area contributed by atoms with Crippen molar-refractivity contribution in [2.45, 2.75) is 0 Å². The Morgan fingerprint density at radius 1 is 0.618 bits per heavy atom. The van der Waals surface area contributed by atoms with Crippen molar-refractivity contribution in [1.82, 2.24) is 14.1 Å². The summed E-state index contributed by atoms with van der Waals surface area (Å²) in [5.41, 5.74) is 7.52. The summed E-state index contributed by atoms with van der Waals surface area (Å²) in [6.07, 6.45) is 5.44. The SMILES string of the molecule is [c-]1n(-c2cccc(-n3c4ccccc4c4cccnc43)c2)c2ccccc2[n+]1-c1ccccc1. The maximum atomic E-state index is 4.74. The molecule has 0 spiro atoms. The lowest BCUT2D eigenvalue weighted by Crippen LogP contribution is -2.29. The number of pyridine rings is 1. The Morgan fingerprint density at radius 3 is 2.26 bits per heavy atom. The lowest BCUT2D eigenvalue weighted by atomic mass is 10.2. The predicted molar refractivity (Wildman–Crippen MR) is 136 cm³/mol. The van der Waals surface area contributed by atoms with Crippen molar-refractivity contribution in [2.24, 2.45) is 0 Å². The van der Waals surface area contributed by atoms with Crippen molar-refractivity contribution in [2.75, 3.05) is 0 Å². The molecule has 0 aliphatic heterocycles. The molecule has 0 bridgehead atoms. The molecule has 0 saturated heterocycles. The van der Waals surface area contributed by atoms with Crippen LogP contribution in [-0.4, -0.2) is 14.1 Å². The quantitative estimate of drug-likeness (QED) is 0.239. The fourth-order valence-corrected chi connectivity index (χ4v) is 4.85. The molecule has 0 aliphatic rings. The van der Waals surface area contributed by atoms with E-state index in [4.69, 9.17) is 4.98 Å². The van der Waals surface area contributed by atoms with Crippen LogP contribution in [0.1, 0.15) is 0 Å². The molecule has 160 valence electrons. The predicted octanol–water partition coefficient (Wildman–Crippen LogP) is 6.20. The molecule has 0 saturated carbocycles. The minimum Gasteiger partial charge on any atom is -0.294 e. The largest absolute Gasteiger partial charge is 0.294 e. The maximum absolute atomic E-state index is 4.74. The molecule has 0 N–H and O–H groups in total.